The number of thioether (sulfide) groups is 1. The second-order valence-electron chi connectivity index (χ2n) is 3.62. The fourth-order valence-corrected chi connectivity index (χ4v) is 2.48. The van der Waals surface area contributed by atoms with Crippen molar-refractivity contribution in [1.82, 2.24) is 0 Å². The Morgan fingerprint density at radius 3 is 2.73 bits per heavy atom. The van der Waals surface area contributed by atoms with Crippen LogP contribution < -0.4 is 5.73 Å². The minimum absolute atomic E-state index is 0.0382. The standard InChI is InChI=1S/C9H17NO4S/c10-8(9(12)13)5-15-4-7-2-1-6(3-11)14-7/h6-8,11H,1-5,10H2,(H,12,13)/t6-,7-,8?/m0/s1. The molecule has 0 radical (unpaired) electrons. The number of aliphatic carboxylic acids is 1. The van der Waals surface area contributed by atoms with Gasteiger partial charge in [-0.05, 0) is 12.8 Å². The molecule has 88 valence electrons. The summed E-state index contributed by atoms with van der Waals surface area (Å²) in [6.07, 6.45) is 1.91. The first-order chi connectivity index (χ1) is 7.13. The molecule has 1 rings (SSSR count). The molecule has 0 saturated carbocycles. The fraction of sp³-hybridized carbons (Fsp3) is 0.889. The highest BCUT2D eigenvalue weighted by molar-refractivity contribution is 7.99. The number of hydrogen-bond acceptors (Lipinski definition) is 5. The Hall–Kier alpha value is -0.300. The van der Waals surface area contributed by atoms with Crippen molar-refractivity contribution in [2.24, 2.45) is 5.73 Å². The summed E-state index contributed by atoms with van der Waals surface area (Å²) in [5, 5.41) is 17.4. The zero-order valence-corrected chi connectivity index (χ0v) is 9.28. The first kappa shape index (κ1) is 12.8. The van der Waals surface area contributed by atoms with Gasteiger partial charge in [0.05, 0.1) is 18.8 Å². The molecule has 0 spiro atoms. The lowest BCUT2D eigenvalue weighted by atomic mass is 10.2. The van der Waals surface area contributed by atoms with Crippen LogP contribution in [0, 0.1) is 0 Å². The number of carbonyl (C=O) groups is 1. The molecule has 0 aromatic carbocycles. The Morgan fingerprint density at radius 1 is 1.53 bits per heavy atom. The smallest absolute Gasteiger partial charge is 0.321 e. The van der Waals surface area contributed by atoms with Gasteiger partial charge in [0.1, 0.15) is 6.04 Å². The highest BCUT2D eigenvalue weighted by atomic mass is 32.2. The molecule has 0 aromatic rings. The van der Waals surface area contributed by atoms with Crippen LogP contribution in [0.2, 0.25) is 0 Å². The maximum Gasteiger partial charge on any atom is 0.321 e. The molecule has 1 fully saturated rings. The van der Waals surface area contributed by atoms with Crippen molar-refractivity contribution in [3.63, 3.8) is 0 Å². The molecular weight excluding hydrogens is 218 g/mol. The second kappa shape index (κ2) is 6.32. The van der Waals surface area contributed by atoms with Gasteiger partial charge in [0, 0.05) is 11.5 Å². The number of aliphatic hydroxyl groups excluding tert-OH is 1. The average molecular weight is 235 g/mol. The van der Waals surface area contributed by atoms with E-state index in [1.165, 1.54) is 11.8 Å². The first-order valence-electron chi connectivity index (χ1n) is 4.96. The SMILES string of the molecule is NC(CSC[C@@H]1CC[C@@H](CO)O1)C(=O)O. The minimum Gasteiger partial charge on any atom is -0.480 e. The summed E-state index contributed by atoms with van der Waals surface area (Å²) in [7, 11) is 0. The van der Waals surface area contributed by atoms with Crippen LogP contribution in [-0.4, -0.2) is 52.5 Å². The lowest BCUT2D eigenvalue weighted by Crippen LogP contribution is -2.33. The summed E-state index contributed by atoms with van der Waals surface area (Å²) < 4.78 is 5.49. The van der Waals surface area contributed by atoms with Crippen LogP contribution in [-0.2, 0) is 9.53 Å². The second-order valence-corrected chi connectivity index (χ2v) is 4.70. The van der Waals surface area contributed by atoms with Crippen LogP contribution >= 0.6 is 11.8 Å². The van der Waals surface area contributed by atoms with E-state index in [-0.39, 0.29) is 18.8 Å². The third-order valence-corrected chi connectivity index (χ3v) is 3.52. The normalized spacial score (nSPS) is 27.9. The van der Waals surface area contributed by atoms with E-state index in [0.29, 0.717) is 5.75 Å². The Balaban J connectivity index is 2.08. The number of carboxylic acid groups (broad SMARTS) is 1. The van der Waals surface area contributed by atoms with Crippen molar-refractivity contribution in [2.45, 2.75) is 31.1 Å². The van der Waals surface area contributed by atoms with Crippen LogP contribution in [0.15, 0.2) is 0 Å². The number of carboxylic acids is 1. The van der Waals surface area contributed by atoms with Crippen molar-refractivity contribution in [3.05, 3.63) is 0 Å². The molecule has 0 aliphatic carbocycles. The third-order valence-electron chi connectivity index (χ3n) is 2.32. The van der Waals surface area contributed by atoms with Crippen LogP contribution in [0.1, 0.15) is 12.8 Å². The largest absolute Gasteiger partial charge is 0.480 e. The maximum absolute atomic E-state index is 10.4. The van der Waals surface area contributed by atoms with E-state index in [2.05, 4.69) is 0 Å². The van der Waals surface area contributed by atoms with Crippen molar-refractivity contribution >= 4 is 17.7 Å². The lowest BCUT2D eigenvalue weighted by molar-refractivity contribution is -0.137. The van der Waals surface area contributed by atoms with Gasteiger partial charge in [-0.25, -0.2) is 0 Å². The van der Waals surface area contributed by atoms with Gasteiger partial charge in [0.25, 0.3) is 0 Å². The summed E-state index contributed by atoms with van der Waals surface area (Å²) in [5.41, 5.74) is 5.35. The summed E-state index contributed by atoms with van der Waals surface area (Å²) in [4.78, 5) is 10.4. The molecule has 1 saturated heterocycles. The predicted molar refractivity (Wildman–Crippen MR) is 57.9 cm³/mol. The maximum atomic E-state index is 10.4. The van der Waals surface area contributed by atoms with E-state index in [4.69, 9.17) is 20.7 Å². The van der Waals surface area contributed by atoms with E-state index in [9.17, 15) is 4.79 Å². The lowest BCUT2D eigenvalue weighted by Gasteiger charge is -2.12. The zero-order chi connectivity index (χ0) is 11.3. The molecule has 0 amide bonds. The monoisotopic (exact) mass is 235 g/mol. The van der Waals surface area contributed by atoms with Gasteiger partial charge in [-0.1, -0.05) is 0 Å². The molecule has 6 heteroatoms. The molecule has 0 bridgehead atoms. The van der Waals surface area contributed by atoms with Gasteiger partial charge >= 0.3 is 5.97 Å². The zero-order valence-electron chi connectivity index (χ0n) is 8.46. The Labute approximate surface area is 93.0 Å². The van der Waals surface area contributed by atoms with Crippen molar-refractivity contribution in [2.75, 3.05) is 18.1 Å². The molecular formula is C9H17NO4S. The molecule has 1 aliphatic heterocycles. The van der Waals surface area contributed by atoms with Gasteiger partial charge in [0.15, 0.2) is 0 Å². The molecule has 1 unspecified atom stereocenters. The Kier molecular flexibility index (Phi) is 5.38. The topological polar surface area (TPSA) is 92.8 Å². The molecule has 3 atom stereocenters. The van der Waals surface area contributed by atoms with Gasteiger partial charge < -0.3 is 20.7 Å². The van der Waals surface area contributed by atoms with E-state index in [0.717, 1.165) is 18.6 Å². The number of hydrogen-bond donors (Lipinski definition) is 3. The summed E-state index contributed by atoms with van der Waals surface area (Å²) in [6.45, 7) is 0.0653. The van der Waals surface area contributed by atoms with Crippen molar-refractivity contribution < 1.29 is 19.7 Å². The molecule has 0 aromatic heterocycles. The van der Waals surface area contributed by atoms with E-state index in [1.807, 2.05) is 0 Å². The number of ether oxygens (including phenoxy) is 1. The van der Waals surface area contributed by atoms with Crippen LogP contribution in [0.3, 0.4) is 0 Å². The third kappa shape index (κ3) is 4.38. The molecule has 5 nitrogen and oxygen atoms in total. The van der Waals surface area contributed by atoms with Crippen molar-refractivity contribution in [1.29, 1.82) is 0 Å². The molecule has 1 aliphatic rings. The van der Waals surface area contributed by atoms with Crippen LogP contribution in [0.25, 0.3) is 0 Å². The molecule has 15 heavy (non-hydrogen) atoms. The van der Waals surface area contributed by atoms with E-state index < -0.39 is 12.0 Å². The van der Waals surface area contributed by atoms with Gasteiger partial charge in [-0.2, -0.15) is 11.8 Å². The number of aliphatic hydroxyl groups is 1. The minimum atomic E-state index is -0.969. The first-order valence-corrected chi connectivity index (χ1v) is 6.11. The van der Waals surface area contributed by atoms with Crippen LogP contribution in [0.4, 0.5) is 0 Å². The van der Waals surface area contributed by atoms with Crippen LogP contribution in [0.5, 0.6) is 0 Å². The Bertz CT molecular complexity index is 214. The van der Waals surface area contributed by atoms with Crippen molar-refractivity contribution in [3.8, 4) is 0 Å². The van der Waals surface area contributed by atoms with E-state index >= 15 is 0 Å². The summed E-state index contributed by atoms with van der Waals surface area (Å²) in [5.74, 6) is 0.180. The Morgan fingerprint density at radius 2 is 2.20 bits per heavy atom. The highest BCUT2D eigenvalue weighted by Gasteiger charge is 2.24. The quantitative estimate of drug-likeness (QED) is 0.584. The van der Waals surface area contributed by atoms with Gasteiger partial charge in [-0.15, -0.1) is 0 Å². The van der Waals surface area contributed by atoms with Gasteiger partial charge in [0.2, 0.25) is 0 Å². The number of rotatable bonds is 6. The molecule has 1 heterocycles. The van der Waals surface area contributed by atoms with E-state index in [1.54, 1.807) is 0 Å². The fourth-order valence-electron chi connectivity index (χ4n) is 1.43. The predicted octanol–water partition coefficient (Wildman–Crippen LogP) is -0.329. The average Bonchev–Trinajstić information content (AvgIpc) is 2.65. The summed E-state index contributed by atoms with van der Waals surface area (Å²) >= 11 is 1.49. The molecule has 4 N–H and O–H groups in total. The number of nitrogens with two attached hydrogens (primary N) is 1. The van der Waals surface area contributed by atoms with Gasteiger partial charge in [-0.3, -0.25) is 4.79 Å². The summed E-state index contributed by atoms with van der Waals surface area (Å²) in [6, 6.07) is -0.801. The highest BCUT2D eigenvalue weighted by Crippen LogP contribution is 2.22.